The summed E-state index contributed by atoms with van der Waals surface area (Å²) in [7, 11) is 1.61. The van der Waals surface area contributed by atoms with Gasteiger partial charge in [-0.1, -0.05) is 30.0 Å². The Hall–Kier alpha value is -3.32. The number of carbonyl (C=O) groups is 1. The lowest BCUT2D eigenvalue weighted by molar-refractivity contribution is -0.115. The fraction of sp³-hybridized carbons (Fsp3) is 0.136. The Kier molecular flexibility index (Phi) is 5.48. The summed E-state index contributed by atoms with van der Waals surface area (Å²) in [4.78, 5) is 21.9. The van der Waals surface area contributed by atoms with Gasteiger partial charge < -0.3 is 14.5 Å². The Morgan fingerprint density at radius 1 is 1.07 bits per heavy atom. The quantitative estimate of drug-likeness (QED) is 0.359. The second-order valence-corrected chi connectivity index (χ2v) is 7.65. The SMILES string of the molecule is COc1ccc(NC(=O)C(C)Sc2nc(-c3ccco3)nc3ccccc23)cc1. The van der Waals surface area contributed by atoms with Crippen LogP contribution in [0.4, 0.5) is 5.69 Å². The monoisotopic (exact) mass is 405 g/mol. The van der Waals surface area contributed by atoms with Crippen LogP contribution in [0.5, 0.6) is 5.75 Å². The number of ether oxygens (including phenoxy) is 1. The van der Waals surface area contributed by atoms with Gasteiger partial charge in [-0.3, -0.25) is 4.79 Å². The zero-order chi connectivity index (χ0) is 20.2. The van der Waals surface area contributed by atoms with Crippen molar-refractivity contribution >= 4 is 34.3 Å². The smallest absolute Gasteiger partial charge is 0.237 e. The van der Waals surface area contributed by atoms with Crippen molar-refractivity contribution in [1.29, 1.82) is 0 Å². The van der Waals surface area contributed by atoms with E-state index in [9.17, 15) is 4.79 Å². The summed E-state index contributed by atoms with van der Waals surface area (Å²) >= 11 is 1.39. The lowest BCUT2D eigenvalue weighted by Gasteiger charge is -2.13. The molecule has 0 fully saturated rings. The average molecular weight is 405 g/mol. The van der Waals surface area contributed by atoms with E-state index in [2.05, 4.69) is 15.3 Å². The van der Waals surface area contributed by atoms with Gasteiger partial charge in [0.25, 0.3) is 0 Å². The molecule has 0 aliphatic heterocycles. The van der Waals surface area contributed by atoms with Crippen LogP contribution in [0.1, 0.15) is 6.92 Å². The predicted octanol–water partition coefficient (Wildman–Crippen LogP) is 5.02. The normalized spacial score (nSPS) is 11.9. The second-order valence-electron chi connectivity index (χ2n) is 6.32. The highest BCUT2D eigenvalue weighted by atomic mass is 32.2. The minimum atomic E-state index is -0.361. The molecule has 4 rings (SSSR count). The fourth-order valence-corrected chi connectivity index (χ4v) is 3.73. The van der Waals surface area contributed by atoms with Crippen molar-refractivity contribution in [3.63, 3.8) is 0 Å². The summed E-state index contributed by atoms with van der Waals surface area (Å²) in [5.41, 5.74) is 1.52. The first kappa shape index (κ1) is 19.0. The van der Waals surface area contributed by atoms with Crippen LogP contribution in [0.25, 0.3) is 22.5 Å². The summed E-state index contributed by atoms with van der Waals surface area (Å²) in [6.07, 6.45) is 1.59. The number of hydrogen-bond acceptors (Lipinski definition) is 6. The molecule has 1 amide bonds. The summed E-state index contributed by atoms with van der Waals surface area (Å²) in [6.45, 7) is 1.85. The van der Waals surface area contributed by atoms with Crippen LogP contribution in [0.2, 0.25) is 0 Å². The molecule has 0 aliphatic carbocycles. The number of hydrogen-bond donors (Lipinski definition) is 1. The highest BCUT2D eigenvalue weighted by Gasteiger charge is 2.19. The maximum absolute atomic E-state index is 12.7. The molecule has 2 heterocycles. The Morgan fingerprint density at radius 3 is 2.59 bits per heavy atom. The van der Waals surface area contributed by atoms with Gasteiger partial charge in [0.2, 0.25) is 5.91 Å². The van der Waals surface area contributed by atoms with E-state index in [1.165, 1.54) is 11.8 Å². The number of carbonyl (C=O) groups excluding carboxylic acids is 1. The molecule has 0 saturated heterocycles. The molecule has 0 aliphatic rings. The third-order valence-corrected chi connectivity index (χ3v) is 5.43. The van der Waals surface area contributed by atoms with Gasteiger partial charge in [0.15, 0.2) is 11.6 Å². The van der Waals surface area contributed by atoms with Crippen molar-refractivity contribution in [2.75, 3.05) is 12.4 Å². The van der Waals surface area contributed by atoms with Crippen molar-refractivity contribution in [3.8, 4) is 17.3 Å². The minimum absolute atomic E-state index is 0.109. The van der Waals surface area contributed by atoms with E-state index in [1.54, 1.807) is 31.6 Å². The first-order valence-corrected chi connectivity index (χ1v) is 9.94. The molecular formula is C22H19N3O3S. The number of benzene rings is 2. The molecule has 6 nitrogen and oxygen atoms in total. The van der Waals surface area contributed by atoms with Gasteiger partial charge >= 0.3 is 0 Å². The molecule has 1 atom stereocenters. The van der Waals surface area contributed by atoms with Crippen LogP contribution in [-0.4, -0.2) is 28.2 Å². The van der Waals surface area contributed by atoms with Crippen LogP contribution in [0, 0.1) is 0 Å². The van der Waals surface area contributed by atoms with E-state index < -0.39 is 0 Å². The third-order valence-electron chi connectivity index (χ3n) is 4.33. The first-order chi connectivity index (χ1) is 14.1. The average Bonchev–Trinajstić information content (AvgIpc) is 3.29. The first-order valence-electron chi connectivity index (χ1n) is 9.06. The van der Waals surface area contributed by atoms with Gasteiger partial charge in [0.1, 0.15) is 10.8 Å². The maximum Gasteiger partial charge on any atom is 0.237 e. The number of para-hydroxylation sites is 1. The number of nitrogens with one attached hydrogen (secondary N) is 1. The predicted molar refractivity (Wildman–Crippen MR) is 114 cm³/mol. The van der Waals surface area contributed by atoms with Crippen molar-refractivity contribution in [3.05, 3.63) is 66.9 Å². The molecule has 2 aromatic heterocycles. The Bertz CT molecular complexity index is 1130. The highest BCUT2D eigenvalue weighted by Crippen LogP contribution is 2.31. The zero-order valence-corrected chi connectivity index (χ0v) is 16.8. The van der Waals surface area contributed by atoms with Crippen LogP contribution in [0.3, 0.4) is 0 Å². The van der Waals surface area contributed by atoms with Gasteiger partial charge in [-0.25, -0.2) is 9.97 Å². The number of nitrogens with zero attached hydrogens (tertiary/aromatic N) is 2. The van der Waals surface area contributed by atoms with E-state index in [1.807, 2.05) is 49.4 Å². The molecule has 0 bridgehead atoms. The van der Waals surface area contributed by atoms with Crippen LogP contribution >= 0.6 is 11.8 Å². The van der Waals surface area contributed by atoms with Crippen LogP contribution in [0.15, 0.2) is 76.4 Å². The number of anilines is 1. The lowest BCUT2D eigenvalue weighted by Crippen LogP contribution is -2.22. The molecule has 7 heteroatoms. The minimum Gasteiger partial charge on any atom is -0.497 e. The van der Waals surface area contributed by atoms with Gasteiger partial charge in [-0.05, 0) is 49.4 Å². The zero-order valence-electron chi connectivity index (χ0n) is 16.0. The molecule has 4 aromatic rings. The molecule has 146 valence electrons. The standard InChI is InChI=1S/C22H19N3O3S/c1-14(21(26)23-15-9-11-16(27-2)12-10-15)29-22-17-6-3-4-7-18(17)24-20(25-22)19-8-5-13-28-19/h3-14H,1-2H3,(H,23,26). The largest absolute Gasteiger partial charge is 0.497 e. The molecule has 0 radical (unpaired) electrons. The van der Waals surface area contributed by atoms with Crippen molar-refractivity contribution in [2.24, 2.45) is 0 Å². The summed E-state index contributed by atoms with van der Waals surface area (Å²) < 4.78 is 10.6. The van der Waals surface area contributed by atoms with Crippen molar-refractivity contribution in [2.45, 2.75) is 17.2 Å². The molecule has 2 aromatic carbocycles. The van der Waals surface area contributed by atoms with Crippen LogP contribution in [-0.2, 0) is 4.79 Å². The number of thioether (sulfide) groups is 1. The number of fused-ring (bicyclic) bond motifs is 1. The fourth-order valence-electron chi connectivity index (χ4n) is 2.79. The molecule has 0 saturated carbocycles. The van der Waals surface area contributed by atoms with E-state index >= 15 is 0 Å². The number of furan rings is 1. The Labute approximate surface area is 172 Å². The lowest BCUT2D eigenvalue weighted by atomic mass is 10.2. The molecule has 29 heavy (non-hydrogen) atoms. The molecule has 1 unspecified atom stereocenters. The number of rotatable bonds is 6. The highest BCUT2D eigenvalue weighted by molar-refractivity contribution is 8.00. The van der Waals surface area contributed by atoms with Crippen molar-refractivity contribution < 1.29 is 13.9 Å². The van der Waals surface area contributed by atoms with Gasteiger partial charge in [0.05, 0.1) is 24.1 Å². The molecule has 1 N–H and O–H groups in total. The van der Waals surface area contributed by atoms with E-state index in [-0.39, 0.29) is 11.2 Å². The topological polar surface area (TPSA) is 77.2 Å². The number of methoxy groups -OCH3 is 1. The summed E-state index contributed by atoms with van der Waals surface area (Å²) in [5.74, 6) is 1.72. The van der Waals surface area contributed by atoms with E-state index in [0.717, 1.165) is 21.7 Å². The Morgan fingerprint density at radius 2 is 1.86 bits per heavy atom. The van der Waals surface area contributed by atoms with E-state index in [0.29, 0.717) is 17.3 Å². The summed E-state index contributed by atoms with van der Waals surface area (Å²) in [5, 5.41) is 4.20. The molecular weight excluding hydrogens is 386 g/mol. The van der Waals surface area contributed by atoms with Gasteiger partial charge in [-0.2, -0.15) is 0 Å². The van der Waals surface area contributed by atoms with E-state index in [4.69, 9.17) is 9.15 Å². The number of aromatic nitrogens is 2. The molecule has 0 spiro atoms. The van der Waals surface area contributed by atoms with Gasteiger partial charge in [0, 0.05) is 11.1 Å². The van der Waals surface area contributed by atoms with Gasteiger partial charge in [-0.15, -0.1) is 0 Å². The van der Waals surface area contributed by atoms with Crippen LogP contribution < -0.4 is 10.1 Å². The summed E-state index contributed by atoms with van der Waals surface area (Å²) in [6, 6.07) is 18.6. The maximum atomic E-state index is 12.7. The van der Waals surface area contributed by atoms with Crippen molar-refractivity contribution in [1.82, 2.24) is 9.97 Å². The third kappa shape index (κ3) is 4.25. The number of amides is 1. The second kappa shape index (κ2) is 8.36. The Balaban J connectivity index is 1.58.